The number of likely N-dealkylation sites (tertiary alicyclic amines) is 1. The Morgan fingerprint density at radius 1 is 1.35 bits per heavy atom. The van der Waals surface area contributed by atoms with Crippen LogP contribution in [0.3, 0.4) is 0 Å². The van der Waals surface area contributed by atoms with Crippen LogP contribution in [0.2, 0.25) is 0 Å². The number of nitrogens with one attached hydrogen (secondary N) is 1. The van der Waals surface area contributed by atoms with Crippen molar-refractivity contribution in [2.24, 2.45) is 0 Å². The Hall–Kier alpha value is -0.870. The highest BCUT2D eigenvalue weighted by Gasteiger charge is 2.15. The van der Waals surface area contributed by atoms with Gasteiger partial charge in [0, 0.05) is 29.4 Å². The smallest absolute Gasteiger partial charge is 0.236 e. The lowest BCUT2D eigenvalue weighted by atomic mass is 10.1. The molecule has 4 heteroatoms. The summed E-state index contributed by atoms with van der Waals surface area (Å²) >= 11 is 1.79. The van der Waals surface area contributed by atoms with E-state index in [0.717, 1.165) is 32.5 Å². The quantitative estimate of drug-likeness (QED) is 0.890. The van der Waals surface area contributed by atoms with Gasteiger partial charge in [-0.25, -0.2) is 0 Å². The second-order valence-electron chi connectivity index (χ2n) is 4.56. The van der Waals surface area contributed by atoms with Gasteiger partial charge in [0.15, 0.2) is 0 Å². The van der Waals surface area contributed by atoms with Gasteiger partial charge in [0.2, 0.25) is 5.91 Å². The minimum atomic E-state index is 0.248. The molecule has 0 aromatic carbocycles. The number of rotatable bonds is 4. The summed E-state index contributed by atoms with van der Waals surface area (Å²) in [5.74, 6) is 0.248. The number of hydrogen-bond acceptors (Lipinski definition) is 3. The third-order valence-electron chi connectivity index (χ3n) is 3.08. The number of carbonyl (C=O) groups is 1. The molecule has 0 atom stereocenters. The van der Waals surface area contributed by atoms with Crippen LogP contribution < -0.4 is 5.32 Å². The second-order valence-corrected chi connectivity index (χ2v) is 5.93. The van der Waals surface area contributed by atoms with Gasteiger partial charge in [-0.2, -0.15) is 0 Å². The molecule has 17 heavy (non-hydrogen) atoms. The molecule has 1 aromatic rings. The average molecular weight is 252 g/mol. The van der Waals surface area contributed by atoms with Gasteiger partial charge >= 0.3 is 0 Å². The predicted molar refractivity (Wildman–Crippen MR) is 71.2 cm³/mol. The Labute approximate surface area is 107 Å². The van der Waals surface area contributed by atoms with Crippen LogP contribution in [0.1, 0.15) is 29.0 Å². The molecule has 0 unspecified atom stereocenters. The number of thiophene rings is 1. The standard InChI is InChI=1S/C13H20N2OS/c1-11-5-6-12(17-11)9-14-10-13(16)15-7-3-2-4-8-15/h5-6,14H,2-4,7-10H2,1H3. The average Bonchev–Trinajstić information content (AvgIpc) is 2.76. The molecule has 1 amide bonds. The number of piperidine rings is 1. The van der Waals surface area contributed by atoms with Gasteiger partial charge in [-0.15, -0.1) is 11.3 Å². The van der Waals surface area contributed by atoms with Crippen molar-refractivity contribution in [3.8, 4) is 0 Å². The maximum Gasteiger partial charge on any atom is 0.236 e. The van der Waals surface area contributed by atoms with Crippen molar-refractivity contribution in [1.82, 2.24) is 10.2 Å². The molecule has 1 N–H and O–H groups in total. The lowest BCUT2D eigenvalue weighted by Gasteiger charge is -2.26. The van der Waals surface area contributed by atoms with Crippen molar-refractivity contribution in [1.29, 1.82) is 0 Å². The maximum atomic E-state index is 11.9. The lowest BCUT2D eigenvalue weighted by Crippen LogP contribution is -2.40. The fourth-order valence-electron chi connectivity index (χ4n) is 2.13. The first-order chi connectivity index (χ1) is 8.25. The number of aryl methyl sites for hydroxylation is 1. The normalized spacial score (nSPS) is 16.2. The van der Waals surface area contributed by atoms with E-state index in [1.54, 1.807) is 11.3 Å². The molecule has 1 saturated heterocycles. The van der Waals surface area contributed by atoms with Crippen LogP contribution in [0.4, 0.5) is 0 Å². The first kappa shape index (κ1) is 12.6. The molecule has 0 spiro atoms. The summed E-state index contributed by atoms with van der Waals surface area (Å²) in [4.78, 5) is 16.5. The van der Waals surface area contributed by atoms with Gasteiger partial charge in [0.05, 0.1) is 6.54 Å². The Bertz CT molecular complexity index is 369. The molecule has 3 nitrogen and oxygen atoms in total. The summed E-state index contributed by atoms with van der Waals surface area (Å²) in [6, 6.07) is 4.24. The highest BCUT2D eigenvalue weighted by molar-refractivity contribution is 7.11. The zero-order chi connectivity index (χ0) is 12.1. The molecule has 2 rings (SSSR count). The molecule has 2 heterocycles. The summed E-state index contributed by atoms with van der Waals surface area (Å²) < 4.78 is 0. The SMILES string of the molecule is Cc1ccc(CNCC(=O)N2CCCCC2)s1. The van der Waals surface area contributed by atoms with Crippen LogP contribution in [0.5, 0.6) is 0 Å². The minimum absolute atomic E-state index is 0.248. The molecule has 0 radical (unpaired) electrons. The molecule has 1 fully saturated rings. The lowest BCUT2D eigenvalue weighted by molar-refractivity contribution is -0.131. The van der Waals surface area contributed by atoms with Crippen LogP contribution in [-0.4, -0.2) is 30.4 Å². The Kier molecular flexibility index (Phi) is 4.57. The number of carbonyl (C=O) groups excluding carboxylic acids is 1. The summed E-state index contributed by atoms with van der Waals surface area (Å²) in [5.41, 5.74) is 0. The van der Waals surface area contributed by atoms with Gasteiger partial charge in [0.25, 0.3) is 0 Å². The molecule has 1 aliphatic rings. The van der Waals surface area contributed by atoms with E-state index in [2.05, 4.69) is 24.4 Å². The van der Waals surface area contributed by atoms with E-state index in [4.69, 9.17) is 0 Å². The van der Waals surface area contributed by atoms with Crippen molar-refractivity contribution in [2.45, 2.75) is 32.7 Å². The monoisotopic (exact) mass is 252 g/mol. The first-order valence-corrected chi connectivity index (χ1v) is 7.11. The molecule has 0 saturated carbocycles. The van der Waals surface area contributed by atoms with E-state index in [9.17, 15) is 4.79 Å². The summed E-state index contributed by atoms with van der Waals surface area (Å²) in [6.45, 7) is 5.26. The van der Waals surface area contributed by atoms with Crippen LogP contribution in [0.25, 0.3) is 0 Å². The summed E-state index contributed by atoms with van der Waals surface area (Å²) in [5, 5.41) is 3.23. The van der Waals surface area contributed by atoms with Crippen LogP contribution in [-0.2, 0) is 11.3 Å². The zero-order valence-corrected chi connectivity index (χ0v) is 11.2. The predicted octanol–water partition coefficient (Wildman–Crippen LogP) is 2.16. The van der Waals surface area contributed by atoms with E-state index in [1.807, 2.05) is 4.90 Å². The largest absolute Gasteiger partial charge is 0.342 e. The Morgan fingerprint density at radius 3 is 2.76 bits per heavy atom. The number of hydrogen-bond donors (Lipinski definition) is 1. The fraction of sp³-hybridized carbons (Fsp3) is 0.615. The first-order valence-electron chi connectivity index (χ1n) is 6.29. The summed E-state index contributed by atoms with van der Waals surface area (Å²) in [7, 11) is 0. The molecular weight excluding hydrogens is 232 g/mol. The van der Waals surface area contributed by atoms with Crippen LogP contribution in [0, 0.1) is 6.92 Å². The van der Waals surface area contributed by atoms with E-state index in [-0.39, 0.29) is 5.91 Å². The molecule has 0 aliphatic carbocycles. The van der Waals surface area contributed by atoms with E-state index >= 15 is 0 Å². The van der Waals surface area contributed by atoms with Gasteiger partial charge < -0.3 is 10.2 Å². The number of amides is 1. The maximum absolute atomic E-state index is 11.9. The molecule has 1 aromatic heterocycles. The Morgan fingerprint density at radius 2 is 2.12 bits per heavy atom. The molecular formula is C13H20N2OS. The van der Waals surface area contributed by atoms with Crippen LogP contribution >= 0.6 is 11.3 Å². The van der Waals surface area contributed by atoms with Crippen molar-refractivity contribution in [2.75, 3.05) is 19.6 Å². The third-order valence-corrected chi connectivity index (χ3v) is 4.08. The third kappa shape index (κ3) is 3.82. The topological polar surface area (TPSA) is 32.3 Å². The van der Waals surface area contributed by atoms with Crippen molar-refractivity contribution in [3.63, 3.8) is 0 Å². The highest BCUT2D eigenvalue weighted by Crippen LogP contribution is 2.14. The van der Waals surface area contributed by atoms with Gasteiger partial charge in [-0.05, 0) is 38.3 Å². The highest BCUT2D eigenvalue weighted by atomic mass is 32.1. The molecule has 0 bridgehead atoms. The zero-order valence-electron chi connectivity index (χ0n) is 10.4. The van der Waals surface area contributed by atoms with E-state index in [1.165, 1.54) is 16.2 Å². The number of nitrogens with zero attached hydrogens (tertiary/aromatic N) is 1. The molecule has 94 valence electrons. The summed E-state index contributed by atoms with van der Waals surface area (Å²) in [6.07, 6.45) is 3.59. The van der Waals surface area contributed by atoms with Crippen molar-refractivity contribution in [3.05, 3.63) is 21.9 Å². The van der Waals surface area contributed by atoms with Crippen molar-refractivity contribution >= 4 is 17.2 Å². The fourth-order valence-corrected chi connectivity index (χ4v) is 2.99. The molecule has 1 aliphatic heterocycles. The van der Waals surface area contributed by atoms with Gasteiger partial charge in [-0.3, -0.25) is 4.79 Å². The second kappa shape index (κ2) is 6.17. The minimum Gasteiger partial charge on any atom is -0.342 e. The Balaban J connectivity index is 1.69. The van der Waals surface area contributed by atoms with E-state index in [0.29, 0.717) is 6.54 Å². The van der Waals surface area contributed by atoms with Crippen molar-refractivity contribution < 1.29 is 4.79 Å². The van der Waals surface area contributed by atoms with E-state index < -0.39 is 0 Å². The van der Waals surface area contributed by atoms with Gasteiger partial charge in [-0.1, -0.05) is 0 Å². The van der Waals surface area contributed by atoms with Gasteiger partial charge in [0.1, 0.15) is 0 Å². The van der Waals surface area contributed by atoms with Crippen LogP contribution in [0.15, 0.2) is 12.1 Å².